The summed E-state index contributed by atoms with van der Waals surface area (Å²) in [6.45, 7) is 4.37. The number of nitrogens with one attached hydrogen (secondary N) is 1. The highest BCUT2D eigenvalue weighted by molar-refractivity contribution is 6.39. The van der Waals surface area contributed by atoms with Crippen LogP contribution in [0.5, 0.6) is 17.2 Å². The molecule has 0 unspecified atom stereocenters. The van der Waals surface area contributed by atoms with E-state index in [0.29, 0.717) is 17.9 Å². The van der Waals surface area contributed by atoms with Gasteiger partial charge in [-0.05, 0) is 42.7 Å². The Balaban J connectivity index is 1.69. The molecule has 0 spiro atoms. The molecule has 0 aromatic heterocycles. The fraction of sp³-hybridized carbons (Fsp3) is 0.179. The number of para-hydroxylation sites is 1. The summed E-state index contributed by atoms with van der Waals surface area (Å²) in [4.78, 5) is 39.7. The lowest BCUT2D eigenvalue weighted by molar-refractivity contribution is -0.122. The van der Waals surface area contributed by atoms with Crippen LogP contribution >= 0.6 is 11.6 Å². The Morgan fingerprint density at radius 1 is 0.892 bits per heavy atom. The van der Waals surface area contributed by atoms with Gasteiger partial charge in [0.25, 0.3) is 11.8 Å². The number of halogens is 1. The third-order valence-electron chi connectivity index (χ3n) is 5.98. The number of aryl methyl sites for hydroxylation is 2. The summed E-state index contributed by atoms with van der Waals surface area (Å²) >= 11 is 6.17. The minimum absolute atomic E-state index is 0.0731. The number of nitrogens with zero attached hydrogens (tertiary/aromatic N) is 1. The Labute approximate surface area is 219 Å². The molecule has 1 aliphatic heterocycles. The van der Waals surface area contributed by atoms with Crippen molar-refractivity contribution in [2.45, 2.75) is 20.5 Å². The quantitative estimate of drug-likeness (QED) is 0.339. The van der Waals surface area contributed by atoms with E-state index in [1.807, 2.05) is 32.0 Å². The monoisotopic (exact) mass is 520 g/mol. The van der Waals surface area contributed by atoms with Crippen LogP contribution in [0.15, 0.2) is 60.2 Å². The smallest absolute Gasteiger partial charge is 0.336 e. The number of carbonyl (C=O) groups is 3. The minimum atomic E-state index is -0.922. The molecule has 1 saturated heterocycles. The summed E-state index contributed by atoms with van der Waals surface area (Å²) in [7, 11) is 2.78. The number of rotatable bonds is 7. The predicted octanol–water partition coefficient (Wildman–Crippen LogP) is 5.22. The maximum atomic E-state index is 13.5. The first-order chi connectivity index (χ1) is 17.7. The predicted molar refractivity (Wildman–Crippen MR) is 140 cm³/mol. The fourth-order valence-electron chi connectivity index (χ4n) is 3.84. The fourth-order valence-corrected chi connectivity index (χ4v) is 4.07. The number of barbiturate groups is 1. The average molecular weight is 521 g/mol. The van der Waals surface area contributed by atoms with Crippen LogP contribution in [0.3, 0.4) is 0 Å². The first-order valence-electron chi connectivity index (χ1n) is 11.3. The first-order valence-corrected chi connectivity index (χ1v) is 11.7. The van der Waals surface area contributed by atoms with Crippen molar-refractivity contribution in [3.8, 4) is 17.2 Å². The zero-order chi connectivity index (χ0) is 26.7. The lowest BCUT2D eigenvalue weighted by Crippen LogP contribution is -2.54. The van der Waals surface area contributed by atoms with Gasteiger partial charge in [-0.25, -0.2) is 9.69 Å². The van der Waals surface area contributed by atoms with Crippen LogP contribution < -0.4 is 24.4 Å². The molecule has 1 N–H and O–H groups in total. The summed E-state index contributed by atoms with van der Waals surface area (Å²) in [5, 5.41) is 2.44. The van der Waals surface area contributed by atoms with Crippen molar-refractivity contribution in [3.63, 3.8) is 0 Å². The van der Waals surface area contributed by atoms with E-state index in [0.717, 1.165) is 16.0 Å². The molecular weight excluding hydrogens is 496 g/mol. The molecule has 3 aromatic carbocycles. The maximum absolute atomic E-state index is 13.5. The maximum Gasteiger partial charge on any atom is 0.336 e. The van der Waals surface area contributed by atoms with E-state index >= 15 is 0 Å². The topological polar surface area (TPSA) is 94.2 Å². The van der Waals surface area contributed by atoms with Gasteiger partial charge in [0.15, 0.2) is 0 Å². The van der Waals surface area contributed by atoms with Crippen LogP contribution in [0, 0.1) is 13.8 Å². The Kier molecular flexibility index (Phi) is 7.50. The Morgan fingerprint density at radius 3 is 2.32 bits per heavy atom. The Morgan fingerprint density at radius 2 is 1.62 bits per heavy atom. The van der Waals surface area contributed by atoms with Crippen molar-refractivity contribution in [3.05, 3.63) is 87.4 Å². The molecule has 9 heteroatoms. The number of anilines is 1. The third kappa shape index (κ3) is 5.29. The second-order valence-corrected chi connectivity index (χ2v) is 8.77. The van der Waals surface area contributed by atoms with E-state index in [2.05, 4.69) is 5.32 Å². The first kappa shape index (κ1) is 25.8. The molecule has 8 nitrogen and oxygen atoms in total. The number of hydrogen-bond acceptors (Lipinski definition) is 6. The molecule has 4 rings (SSSR count). The van der Waals surface area contributed by atoms with Gasteiger partial charge in [0.2, 0.25) is 0 Å². The van der Waals surface area contributed by atoms with E-state index in [-0.39, 0.29) is 27.8 Å². The van der Waals surface area contributed by atoms with Crippen LogP contribution in [-0.4, -0.2) is 32.1 Å². The standard InChI is InChI=1S/C28H25ClN2O6/c1-16-9-10-18(11-17(16)2)15-37-23-8-6-5-7-19(23)12-20-26(32)30-28(34)31(27(20)33)22-14-24(35-3)21(29)13-25(22)36-4/h5-14H,15H2,1-4H3,(H,30,32,34)/b20-12+. The average Bonchev–Trinajstić information content (AvgIpc) is 2.88. The van der Waals surface area contributed by atoms with Gasteiger partial charge >= 0.3 is 6.03 Å². The number of imide groups is 2. The molecule has 4 amide bonds. The summed E-state index contributed by atoms with van der Waals surface area (Å²) in [6, 6.07) is 15.0. The number of urea groups is 1. The SMILES string of the molecule is COc1cc(N2C(=O)NC(=O)/C(=C\c3ccccc3OCc3ccc(C)c(C)c3)C2=O)c(OC)cc1Cl. The molecule has 1 aliphatic rings. The van der Waals surface area contributed by atoms with Crippen LogP contribution in [0.1, 0.15) is 22.3 Å². The van der Waals surface area contributed by atoms with Crippen LogP contribution in [0.4, 0.5) is 10.5 Å². The van der Waals surface area contributed by atoms with Crippen molar-refractivity contribution in [2.24, 2.45) is 0 Å². The zero-order valence-electron chi connectivity index (χ0n) is 20.8. The highest BCUT2D eigenvalue weighted by Crippen LogP contribution is 2.39. The van der Waals surface area contributed by atoms with E-state index in [4.69, 9.17) is 25.8 Å². The minimum Gasteiger partial charge on any atom is -0.495 e. The molecule has 0 saturated carbocycles. The van der Waals surface area contributed by atoms with Gasteiger partial charge in [-0.3, -0.25) is 14.9 Å². The summed E-state index contributed by atoms with van der Waals surface area (Å²) in [6.07, 6.45) is 1.40. The van der Waals surface area contributed by atoms with E-state index in [1.165, 1.54) is 38.0 Å². The molecule has 190 valence electrons. The molecule has 37 heavy (non-hydrogen) atoms. The van der Waals surface area contributed by atoms with Crippen LogP contribution in [-0.2, 0) is 16.2 Å². The normalized spacial score (nSPS) is 14.6. The van der Waals surface area contributed by atoms with Gasteiger partial charge in [-0.1, -0.05) is 48.0 Å². The third-order valence-corrected chi connectivity index (χ3v) is 6.28. The van der Waals surface area contributed by atoms with E-state index in [9.17, 15) is 14.4 Å². The molecule has 0 radical (unpaired) electrons. The number of benzene rings is 3. The molecule has 1 heterocycles. The highest BCUT2D eigenvalue weighted by Gasteiger charge is 2.38. The Hall–Kier alpha value is -4.30. The van der Waals surface area contributed by atoms with Gasteiger partial charge in [0.1, 0.15) is 29.4 Å². The van der Waals surface area contributed by atoms with Crippen molar-refractivity contribution < 1.29 is 28.6 Å². The van der Waals surface area contributed by atoms with Gasteiger partial charge in [0, 0.05) is 17.7 Å². The molecule has 0 atom stereocenters. The van der Waals surface area contributed by atoms with Gasteiger partial charge in [-0.15, -0.1) is 0 Å². The molecule has 0 bridgehead atoms. The van der Waals surface area contributed by atoms with Crippen LogP contribution in [0.2, 0.25) is 5.02 Å². The highest BCUT2D eigenvalue weighted by atomic mass is 35.5. The second kappa shape index (κ2) is 10.8. The van der Waals surface area contributed by atoms with Gasteiger partial charge < -0.3 is 14.2 Å². The summed E-state index contributed by atoms with van der Waals surface area (Å²) < 4.78 is 16.6. The van der Waals surface area contributed by atoms with Crippen LogP contribution in [0.25, 0.3) is 6.08 Å². The van der Waals surface area contributed by atoms with E-state index in [1.54, 1.807) is 24.3 Å². The molecular formula is C28H25ClN2O6. The lowest BCUT2D eigenvalue weighted by atomic mass is 10.1. The largest absolute Gasteiger partial charge is 0.495 e. The number of methoxy groups -OCH3 is 2. The Bertz CT molecular complexity index is 1430. The summed E-state index contributed by atoms with van der Waals surface area (Å²) in [5.74, 6) is -0.802. The van der Waals surface area contributed by atoms with Gasteiger partial charge in [0.05, 0.1) is 24.9 Å². The molecule has 0 aliphatic carbocycles. The number of amides is 4. The van der Waals surface area contributed by atoms with Crippen molar-refractivity contribution in [1.29, 1.82) is 0 Å². The number of carbonyl (C=O) groups excluding carboxylic acids is 3. The van der Waals surface area contributed by atoms with Crippen molar-refractivity contribution in [2.75, 3.05) is 19.1 Å². The number of hydrogen-bond donors (Lipinski definition) is 1. The summed E-state index contributed by atoms with van der Waals surface area (Å²) in [5.41, 5.74) is 3.64. The van der Waals surface area contributed by atoms with E-state index < -0.39 is 17.8 Å². The van der Waals surface area contributed by atoms with Crippen molar-refractivity contribution >= 4 is 41.2 Å². The second-order valence-electron chi connectivity index (χ2n) is 8.36. The lowest BCUT2D eigenvalue weighted by Gasteiger charge is -2.28. The molecule has 1 fully saturated rings. The van der Waals surface area contributed by atoms with Crippen molar-refractivity contribution in [1.82, 2.24) is 5.32 Å². The number of ether oxygens (including phenoxy) is 3. The molecule has 3 aromatic rings. The van der Waals surface area contributed by atoms with Gasteiger partial charge in [-0.2, -0.15) is 0 Å². The zero-order valence-corrected chi connectivity index (χ0v) is 21.5.